The molecule has 3 nitrogen and oxygen atoms in total. The van der Waals surface area contributed by atoms with E-state index in [0.29, 0.717) is 6.07 Å². The summed E-state index contributed by atoms with van der Waals surface area (Å²) in [6, 6.07) is 11.0. The van der Waals surface area contributed by atoms with Gasteiger partial charge in [0.2, 0.25) is 0 Å². The van der Waals surface area contributed by atoms with Crippen LogP contribution in [-0.4, -0.2) is 21.2 Å². The molecule has 0 saturated heterocycles. The van der Waals surface area contributed by atoms with Gasteiger partial charge >= 0.3 is 0 Å². The molecule has 6 heteroatoms. The zero-order valence-corrected chi connectivity index (χ0v) is 12.2. The quantitative estimate of drug-likeness (QED) is 0.864. The van der Waals surface area contributed by atoms with Gasteiger partial charge in [-0.05, 0) is 24.7 Å². The number of hydrogen-bond acceptors (Lipinski definition) is 3. The van der Waals surface area contributed by atoms with Gasteiger partial charge in [-0.15, -0.1) is 0 Å². The van der Waals surface area contributed by atoms with E-state index in [0.717, 1.165) is 17.7 Å². The molecule has 0 aliphatic heterocycles. The lowest BCUT2D eigenvalue weighted by molar-refractivity contribution is 0.542. The summed E-state index contributed by atoms with van der Waals surface area (Å²) in [5.41, 5.74) is 0.783. The summed E-state index contributed by atoms with van der Waals surface area (Å²) in [6.07, 6.45) is 0. The van der Waals surface area contributed by atoms with Gasteiger partial charge in [0, 0.05) is 12.1 Å². The van der Waals surface area contributed by atoms with Crippen LogP contribution >= 0.6 is 0 Å². The van der Waals surface area contributed by atoms with E-state index in [1.54, 1.807) is 31.3 Å². The Morgan fingerprint density at radius 1 is 1.10 bits per heavy atom. The molecule has 21 heavy (non-hydrogen) atoms. The highest BCUT2D eigenvalue weighted by Crippen LogP contribution is 2.22. The summed E-state index contributed by atoms with van der Waals surface area (Å²) in [7, 11) is -2.24. The first-order valence-corrected chi connectivity index (χ1v) is 7.99. The fourth-order valence-electron chi connectivity index (χ4n) is 2.07. The summed E-state index contributed by atoms with van der Waals surface area (Å²) >= 11 is 0. The SMILES string of the molecule is CNC(CS(=O)(=O)c1ccc(F)cc1F)c1ccccc1. The van der Waals surface area contributed by atoms with Gasteiger partial charge in [0.1, 0.15) is 16.5 Å². The summed E-state index contributed by atoms with van der Waals surface area (Å²) in [4.78, 5) is -0.486. The first-order chi connectivity index (χ1) is 9.94. The van der Waals surface area contributed by atoms with Crippen molar-refractivity contribution < 1.29 is 17.2 Å². The van der Waals surface area contributed by atoms with Crippen LogP contribution in [0.2, 0.25) is 0 Å². The standard InChI is InChI=1S/C15H15F2NO2S/c1-18-14(11-5-3-2-4-6-11)10-21(19,20)15-8-7-12(16)9-13(15)17/h2-9,14,18H,10H2,1H3. The van der Waals surface area contributed by atoms with Gasteiger partial charge in [0.05, 0.1) is 5.75 Å². The number of sulfone groups is 1. The smallest absolute Gasteiger partial charge is 0.183 e. The largest absolute Gasteiger partial charge is 0.312 e. The molecule has 1 atom stereocenters. The molecule has 0 aliphatic rings. The maximum absolute atomic E-state index is 13.7. The van der Waals surface area contributed by atoms with E-state index >= 15 is 0 Å². The second-order valence-electron chi connectivity index (χ2n) is 4.61. The van der Waals surface area contributed by atoms with Gasteiger partial charge < -0.3 is 5.32 Å². The molecule has 0 heterocycles. The van der Waals surface area contributed by atoms with Crippen molar-refractivity contribution >= 4 is 9.84 Å². The van der Waals surface area contributed by atoms with Crippen LogP contribution in [0.1, 0.15) is 11.6 Å². The Balaban J connectivity index is 2.32. The van der Waals surface area contributed by atoms with E-state index in [1.807, 2.05) is 6.07 Å². The van der Waals surface area contributed by atoms with Crippen molar-refractivity contribution in [3.05, 3.63) is 65.7 Å². The number of halogens is 2. The van der Waals surface area contributed by atoms with Crippen molar-refractivity contribution in [3.63, 3.8) is 0 Å². The summed E-state index contributed by atoms with van der Waals surface area (Å²) < 4.78 is 51.2. The zero-order valence-electron chi connectivity index (χ0n) is 11.4. The molecule has 1 N–H and O–H groups in total. The monoisotopic (exact) mass is 311 g/mol. The molecular weight excluding hydrogens is 296 g/mol. The van der Waals surface area contributed by atoms with Gasteiger partial charge in [-0.1, -0.05) is 30.3 Å². The van der Waals surface area contributed by atoms with Gasteiger partial charge in [-0.25, -0.2) is 17.2 Å². The molecular formula is C15H15F2NO2S. The number of hydrogen-bond donors (Lipinski definition) is 1. The van der Waals surface area contributed by atoms with Crippen molar-refractivity contribution in [1.29, 1.82) is 0 Å². The molecule has 2 aromatic carbocycles. The van der Waals surface area contributed by atoms with Crippen molar-refractivity contribution in [1.82, 2.24) is 5.32 Å². The molecule has 2 rings (SSSR count). The minimum absolute atomic E-state index is 0.309. The predicted octanol–water partition coefficient (Wildman–Crippen LogP) is 2.70. The van der Waals surface area contributed by atoms with Crippen LogP contribution in [0.5, 0.6) is 0 Å². The van der Waals surface area contributed by atoms with Crippen LogP contribution in [0.4, 0.5) is 8.78 Å². The Morgan fingerprint density at radius 2 is 1.76 bits per heavy atom. The van der Waals surface area contributed by atoms with Crippen molar-refractivity contribution in [3.8, 4) is 0 Å². The van der Waals surface area contributed by atoms with Gasteiger partial charge in [-0.2, -0.15) is 0 Å². The lowest BCUT2D eigenvalue weighted by Crippen LogP contribution is -2.25. The molecule has 0 aliphatic carbocycles. The fraction of sp³-hybridized carbons (Fsp3) is 0.200. The first-order valence-electron chi connectivity index (χ1n) is 6.34. The number of rotatable bonds is 5. The average Bonchev–Trinajstić information content (AvgIpc) is 2.45. The van der Waals surface area contributed by atoms with Crippen molar-refractivity contribution in [2.45, 2.75) is 10.9 Å². The van der Waals surface area contributed by atoms with Crippen LogP contribution < -0.4 is 5.32 Å². The van der Waals surface area contributed by atoms with E-state index in [-0.39, 0.29) is 5.75 Å². The van der Waals surface area contributed by atoms with Crippen molar-refractivity contribution in [2.75, 3.05) is 12.8 Å². The third-order valence-electron chi connectivity index (χ3n) is 3.17. The average molecular weight is 311 g/mol. The van der Waals surface area contributed by atoms with E-state index < -0.39 is 32.4 Å². The van der Waals surface area contributed by atoms with Crippen molar-refractivity contribution in [2.24, 2.45) is 0 Å². The molecule has 2 aromatic rings. The maximum atomic E-state index is 13.7. The van der Waals surface area contributed by atoms with Gasteiger partial charge in [0.15, 0.2) is 9.84 Å². The van der Waals surface area contributed by atoms with E-state index in [1.165, 1.54) is 0 Å². The summed E-state index contributed by atoms with van der Waals surface area (Å²) in [6.45, 7) is 0. The predicted molar refractivity (Wildman–Crippen MR) is 76.7 cm³/mol. The van der Waals surface area contributed by atoms with Crippen LogP contribution in [-0.2, 0) is 9.84 Å². The highest BCUT2D eigenvalue weighted by atomic mass is 32.2. The summed E-state index contributed by atoms with van der Waals surface area (Å²) in [5, 5.41) is 2.90. The molecule has 0 fully saturated rings. The van der Waals surface area contributed by atoms with Crippen LogP contribution in [0.15, 0.2) is 53.4 Å². The zero-order chi connectivity index (χ0) is 15.5. The lowest BCUT2D eigenvalue weighted by atomic mass is 10.1. The Morgan fingerprint density at radius 3 is 2.33 bits per heavy atom. The summed E-state index contributed by atoms with van der Waals surface area (Å²) in [5.74, 6) is -2.19. The molecule has 0 aromatic heterocycles. The Bertz CT molecular complexity index is 718. The minimum Gasteiger partial charge on any atom is -0.312 e. The van der Waals surface area contributed by atoms with E-state index in [4.69, 9.17) is 0 Å². The molecule has 0 bridgehead atoms. The third-order valence-corrected chi connectivity index (χ3v) is 4.94. The van der Waals surface area contributed by atoms with Crippen LogP contribution in [0.25, 0.3) is 0 Å². The highest BCUT2D eigenvalue weighted by molar-refractivity contribution is 7.91. The molecule has 0 radical (unpaired) electrons. The number of nitrogens with one attached hydrogen (secondary N) is 1. The van der Waals surface area contributed by atoms with Crippen LogP contribution in [0, 0.1) is 11.6 Å². The van der Waals surface area contributed by atoms with Gasteiger partial charge in [-0.3, -0.25) is 0 Å². The topological polar surface area (TPSA) is 46.2 Å². The van der Waals surface area contributed by atoms with Crippen LogP contribution in [0.3, 0.4) is 0 Å². The third kappa shape index (κ3) is 3.65. The first kappa shape index (κ1) is 15.6. The maximum Gasteiger partial charge on any atom is 0.183 e. The molecule has 112 valence electrons. The van der Waals surface area contributed by atoms with Gasteiger partial charge in [0.25, 0.3) is 0 Å². The highest BCUT2D eigenvalue weighted by Gasteiger charge is 2.24. The minimum atomic E-state index is -3.87. The molecule has 0 amide bonds. The fourth-order valence-corrected chi connectivity index (χ4v) is 3.68. The Labute approximate surface area is 122 Å². The van der Waals surface area contributed by atoms with E-state index in [9.17, 15) is 17.2 Å². The molecule has 0 saturated carbocycles. The normalized spacial score (nSPS) is 13.1. The Kier molecular flexibility index (Phi) is 4.69. The lowest BCUT2D eigenvalue weighted by Gasteiger charge is -2.17. The molecule has 1 unspecified atom stereocenters. The Hall–Kier alpha value is -1.79. The second kappa shape index (κ2) is 6.32. The second-order valence-corrected chi connectivity index (χ2v) is 6.61. The van der Waals surface area contributed by atoms with E-state index in [2.05, 4.69) is 5.32 Å². The molecule has 0 spiro atoms. The number of benzene rings is 2.